The van der Waals surface area contributed by atoms with Gasteiger partial charge in [-0.05, 0) is 56.2 Å². The maximum atomic E-state index is 13.7. The molecule has 0 N–H and O–H groups in total. The second-order valence-corrected chi connectivity index (χ2v) is 9.43. The van der Waals surface area contributed by atoms with Crippen molar-refractivity contribution in [3.8, 4) is 5.69 Å². The van der Waals surface area contributed by atoms with Crippen LogP contribution in [0.5, 0.6) is 0 Å². The third kappa shape index (κ3) is 2.63. The number of benzene rings is 1. The lowest BCUT2D eigenvalue weighted by molar-refractivity contribution is 0.699. The molecule has 0 atom stereocenters. The van der Waals surface area contributed by atoms with Gasteiger partial charge < -0.3 is 0 Å². The van der Waals surface area contributed by atoms with E-state index in [4.69, 9.17) is 0 Å². The molecule has 0 radical (unpaired) electrons. The number of aryl methyl sites for hydroxylation is 3. The molecule has 144 valence electrons. The van der Waals surface area contributed by atoms with Gasteiger partial charge in [0.1, 0.15) is 4.83 Å². The Morgan fingerprint density at radius 2 is 2.00 bits per heavy atom. The van der Waals surface area contributed by atoms with Gasteiger partial charge >= 0.3 is 0 Å². The number of hydrogen-bond acceptors (Lipinski definition) is 5. The Hall–Kier alpha value is -2.12. The molecule has 5 rings (SSSR count). The Morgan fingerprint density at radius 3 is 2.82 bits per heavy atom. The summed E-state index contributed by atoms with van der Waals surface area (Å²) in [6.45, 7) is 4.20. The van der Waals surface area contributed by atoms with Gasteiger partial charge in [0, 0.05) is 10.6 Å². The highest BCUT2D eigenvalue weighted by Crippen LogP contribution is 2.36. The van der Waals surface area contributed by atoms with Crippen molar-refractivity contribution in [3.63, 3.8) is 0 Å². The smallest absolute Gasteiger partial charge is 0.268 e. The number of hydrogen-bond donors (Lipinski definition) is 0. The van der Waals surface area contributed by atoms with Crippen LogP contribution in [0.2, 0.25) is 0 Å². The van der Waals surface area contributed by atoms with Crippen LogP contribution in [0.15, 0.2) is 34.2 Å². The fourth-order valence-electron chi connectivity index (χ4n) is 4.04. The molecule has 3 aromatic heterocycles. The summed E-state index contributed by atoms with van der Waals surface area (Å²) in [6, 6.07) is 8.00. The number of para-hydroxylation sites is 1. The summed E-state index contributed by atoms with van der Waals surface area (Å²) in [4.78, 5) is 16.1. The molecule has 0 fully saturated rings. The number of fused-ring (bicyclic) bond motifs is 5. The fourth-order valence-corrected chi connectivity index (χ4v) is 6.26. The van der Waals surface area contributed by atoms with Gasteiger partial charge in [-0.2, -0.15) is 0 Å². The van der Waals surface area contributed by atoms with Gasteiger partial charge in [0.05, 0.1) is 11.1 Å². The lowest BCUT2D eigenvalue weighted by Crippen LogP contribution is -2.23. The van der Waals surface area contributed by atoms with Crippen molar-refractivity contribution in [2.45, 2.75) is 51.1 Å². The highest BCUT2D eigenvalue weighted by Gasteiger charge is 2.25. The number of thioether (sulfide) groups is 1. The van der Waals surface area contributed by atoms with Crippen LogP contribution in [-0.2, 0) is 12.8 Å². The summed E-state index contributed by atoms with van der Waals surface area (Å²) in [5.41, 5.74) is 3.23. The van der Waals surface area contributed by atoms with Crippen LogP contribution in [0.3, 0.4) is 0 Å². The maximum absolute atomic E-state index is 13.7. The van der Waals surface area contributed by atoms with Gasteiger partial charge in [-0.25, -0.2) is 8.97 Å². The van der Waals surface area contributed by atoms with E-state index in [1.54, 1.807) is 27.7 Å². The van der Waals surface area contributed by atoms with E-state index in [0.29, 0.717) is 5.78 Å². The zero-order chi connectivity index (χ0) is 19.3. The first-order valence-corrected chi connectivity index (χ1v) is 11.6. The monoisotopic (exact) mass is 410 g/mol. The normalized spacial score (nSPS) is 14.1. The third-order valence-corrected chi connectivity index (χ3v) is 7.79. The second-order valence-electron chi connectivity index (χ2n) is 7.28. The molecule has 5 nitrogen and oxygen atoms in total. The standard InChI is InChI=1S/C21H22N4OS2/c1-3-12-27-21-23-22-20-24(15-10-6-4-8-13(15)2)18(26)17-14-9-5-7-11-16(14)28-19(17)25(20)21/h4,6,8,10H,3,5,7,9,11-12H2,1-2H3. The summed E-state index contributed by atoms with van der Waals surface area (Å²) < 4.78 is 3.88. The topological polar surface area (TPSA) is 52.2 Å². The summed E-state index contributed by atoms with van der Waals surface area (Å²) in [7, 11) is 0. The van der Waals surface area contributed by atoms with E-state index in [-0.39, 0.29) is 5.56 Å². The highest BCUT2D eigenvalue weighted by atomic mass is 32.2. The largest absolute Gasteiger partial charge is 0.268 e. The molecule has 7 heteroatoms. The van der Waals surface area contributed by atoms with E-state index < -0.39 is 0 Å². The molecule has 3 heterocycles. The summed E-state index contributed by atoms with van der Waals surface area (Å²) in [5, 5.41) is 10.7. The minimum atomic E-state index is 0.0376. The molecule has 28 heavy (non-hydrogen) atoms. The van der Waals surface area contributed by atoms with Crippen molar-refractivity contribution in [2.24, 2.45) is 0 Å². The summed E-state index contributed by atoms with van der Waals surface area (Å²) in [5.74, 6) is 1.60. The first kappa shape index (κ1) is 17.9. The van der Waals surface area contributed by atoms with Gasteiger partial charge in [0.25, 0.3) is 5.56 Å². The molecule has 0 saturated heterocycles. The van der Waals surface area contributed by atoms with Crippen LogP contribution in [0, 0.1) is 6.92 Å². The zero-order valence-electron chi connectivity index (χ0n) is 16.1. The average molecular weight is 411 g/mol. The first-order valence-electron chi connectivity index (χ1n) is 9.84. The molecule has 0 amide bonds. The SMILES string of the molecule is CCCSc1nnc2n(-c3ccccc3C)c(=O)c3c4c(sc3n12)CCCC4. The highest BCUT2D eigenvalue weighted by molar-refractivity contribution is 7.99. The predicted molar refractivity (Wildman–Crippen MR) is 116 cm³/mol. The first-order chi connectivity index (χ1) is 13.7. The van der Waals surface area contributed by atoms with Gasteiger partial charge in [-0.3, -0.25) is 4.79 Å². The Morgan fingerprint density at radius 1 is 1.18 bits per heavy atom. The van der Waals surface area contributed by atoms with E-state index in [1.165, 1.54) is 16.9 Å². The molecule has 1 aliphatic rings. The average Bonchev–Trinajstić information content (AvgIpc) is 3.29. The van der Waals surface area contributed by atoms with Gasteiger partial charge in [0.15, 0.2) is 5.16 Å². The van der Waals surface area contributed by atoms with Crippen molar-refractivity contribution < 1.29 is 0 Å². The van der Waals surface area contributed by atoms with Crippen molar-refractivity contribution >= 4 is 39.1 Å². The quantitative estimate of drug-likeness (QED) is 0.454. The Balaban J connectivity index is 1.94. The molecular formula is C21H22N4OS2. The summed E-state index contributed by atoms with van der Waals surface area (Å²) >= 11 is 3.47. The molecular weight excluding hydrogens is 388 g/mol. The molecule has 0 bridgehead atoms. The van der Waals surface area contributed by atoms with Crippen LogP contribution in [0.4, 0.5) is 0 Å². The van der Waals surface area contributed by atoms with Gasteiger partial charge in [-0.15, -0.1) is 21.5 Å². The predicted octanol–water partition coefficient (Wildman–Crippen LogP) is 4.78. The van der Waals surface area contributed by atoms with E-state index in [1.807, 2.05) is 31.2 Å². The Bertz CT molecular complexity index is 1250. The lowest BCUT2D eigenvalue weighted by atomic mass is 9.97. The van der Waals surface area contributed by atoms with E-state index in [9.17, 15) is 4.79 Å². The van der Waals surface area contributed by atoms with Crippen LogP contribution in [-0.4, -0.2) is 24.9 Å². The molecule has 1 aromatic carbocycles. The molecule has 1 aliphatic carbocycles. The van der Waals surface area contributed by atoms with Crippen molar-refractivity contribution in [1.29, 1.82) is 0 Å². The minimum absolute atomic E-state index is 0.0376. The molecule has 4 aromatic rings. The zero-order valence-corrected chi connectivity index (χ0v) is 17.7. The van der Waals surface area contributed by atoms with Crippen molar-refractivity contribution in [1.82, 2.24) is 19.2 Å². The van der Waals surface area contributed by atoms with Gasteiger partial charge in [0.2, 0.25) is 5.78 Å². The second kappa shape index (κ2) is 7.04. The lowest BCUT2D eigenvalue weighted by Gasteiger charge is -2.13. The van der Waals surface area contributed by atoms with E-state index >= 15 is 0 Å². The number of nitrogens with zero attached hydrogens (tertiary/aromatic N) is 4. The molecule has 0 spiro atoms. The Labute approximate surface area is 171 Å². The van der Waals surface area contributed by atoms with Crippen molar-refractivity contribution in [2.75, 3.05) is 5.75 Å². The number of thiophene rings is 1. The van der Waals surface area contributed by atoms with E-state index in [2.05, 4.69) is 21.5 Å². The molecule has 0 aliphatic heterocycles. The van der Waals surface area contributed by atoms with Gasteiger partial charge in [-0.1, -0.05) is 36.9 Å². The summed E-state index contributed by atoms with van der Waals surface area (Å²) in [6.07, 6.45) is 5.49. The van der Waals surface area contributed by atoms with Crippen molar-refractivity contribution in [3.05, 3.63) is 50.6 Å². The third-order valence-electron chi connectivity index (χ3n) is 5.38. The molecule has 0 saturated carbocycles. The van der Waals surface area contributed by atoms with E-state index in [0.717, 1.165) is 58.1 Å². The van der Waals surface area contributed by atoms with Crippen LogP contribution < -0.4 is 5.56 Å². The Kier molecular flexibility index (Phi) is 4.51. The maximum Gasteiger partial charge on any atom is 0.268 e. The minimum Gasteiger partial charge on any atom is -0.268 e. The molecule has 0 unspecified atom stereocenters. The fraction of sp³-hybridized carbons (Fsp3) is 0.381. The van der Waals surface area contributed by atoms with Crippen LogP contribution >= 0.6 is 23.1 Å². The number of aromatic nitrogens is 4. The van der Waals surface area contributed by atoms with Crippen LogP contribution in [0.25, 0.3) is 21.7 Å². The van der Waals surface area contributed by atoms with Crippen LogP contribution in [0.1, 0.15) is 42.2 Å². The number of rotatable bonds is 4.